The zero-order chi connectivity index (χ0) is 7.84. The first-order valence-electron chi connectivity index (χ1n) is 4.25. The van der Waals surface area contributed by atoms with Crippen LogP contribution in [0, 0.1) is 0 Å². The van der Waals surface area contributed by atoms with E-state index in [9.17, 15) is 9.90 Å². The van der Waals surface area contributed by atoms with Crippen molar-refractivity contribution in [1.29, 1.82) is 0 Å². The van der Waals surface area contributed by atoms with E-state index in [-0.39, 0.29) is 12.0 Å². The van der Waals surface area contributed by atoms with Crippen molar-refractivity contribution in [3.8, 4) is 0 Å². The number of nitrogens with zero attached hydrogens (tertiary/aromatic N) is 1. The number of rotatable bonds is 0. The third-order valence-corrected chi connectivity index (χ3v) is 2.70. The normalized spacial score (nSPS) is 37.5. The number of carbonyl (C=O) groups excluding carboxylic acids is 1. The van der Waals surface area contributed by atoms with Crippen LogP contribution < -0.4 is 0 Å². The summed E-state index contributed by atoms with van der Waals surface area (Å²) >= 11 is 0. The van der Waals surface area contributed by atoms with Crippen LogP contribution in [0.25, 0.3) is 0 Å². The lowest BCUT2D eigenvalue weighted by molar-refractivity contribution is -0.130. The molecule has 0 aromatic carbocycles. The van der Waals surface area contributed by atoms with Gasteiger partial charge in [-0.3, -0.25) is 4.79 Å². The topological polar surface area (TPSA) is 40.5 Å². The summed E-state index contributed by atoms with van der Waals surface area (Å²) in [5.74, 6) is 0.280. The fourth-order valence-corrected chi connectivity index (χ4v) is 2.07. The van der Waals surface area contributed by atoms with Gasteiger partial charge in [-0.05, 0) is 19.3 Å². The fourth-order valence-electron chi connectivity index (χ4n) is 2.07. The summed E-state index contributed by atoms with van der Waals surface area (Å²) < 4.78 is 0. The maximum Gasteiger partial charge on any atom is 0.222 e. The Morgan fingerprint density at radius 1 is 1.45 bits per heavy atom. The summed E-state index contributed by atoms with van der Waals surface area (Å²) in [5, 5.41) is 9.30. The maximum absolute atomic E-state index is 11.2. The van der Waals surface area contributed by atoms with Crippen molar-refractivity contribution >= 4 is 5.91 Å². The third kappa shape index (κ3) is 1.13. The third-order valence-electron chi connectivity index (χ3n) is 2.70. The van der Waals surface area contributed by atoms with Crippen molar-refractivity contribution in [2.24, 2.45) is 0 Å². The van der Waals surface area contributed by atoms with E-state index in [1.165, 1.54) is 0 Å². The van der Waals surface area contributed by atoms with Crippen LogP contribution >= 0.6 is 0 Å². The molecule has 2 atom stereocenters. The average Bonchev–Trinajstić information content (AvgIpc) is 2.32. The first-order valence-corrected chi connectivity index (χ1v) is 4.25. The van der Waals surface area contributed by atoms with Gasteiger partial charge in [-0.1, -0.05) is 0 Å². The fraction of sp³-hybridized carbons (Fsp3) is 0.875. The van der Waals surface area contributed by atoms with Crippen molar-refractivity contribution in [1.82, 2.24) is 4.90 Å². The van der Waals surface area contributed by atoms with Gasteiger partial charge in [-0.2, -0.15) is 0 Å². The Bertz CT molecular complexity index is 181. The summed E-state index contributed by atoms with van der Waals surface area (Å²) in [6.45, 7) is 0.769. The number of aliphatic hydroxyl groups is 1. The zero-order valence-electron chi connectivity index (χ0n) is 6.49. The van der Waals surface area contributed by atoms with Gasteiger partial charge < -0.3 is 10.0 Å². The lowest BCUT2D eigenvalue weighted by Gasteiger charge is -2.32. The molecule has 3 nitrogen and oxygen atoms in total. The lowest BCUT2D eigenvalue weighted by Crippen LogP contribution is -2.42. The van der Waals surface area contributed by atoms with E-state index in [0.717, 1.165) is 25.8 Å². The molecule has 1 amide bonds. The number of piperidine rings is 1. The van der Waals surface area contributed by atoms with Crippen molar-refractivity contribution in [3.05, 3.63) is 0 Å². The minimum Gasteiger partial charge on any atom is -0.393 e. The SMILES string of the molecule is O=C1CC[C@H]2CC(O)CCN12. The van der Waals surface area contributed by atoms with Gasteiger partial charge in [0.25, 0.3) is 0 Å². The second kappa shape index (κ2) is 2.48. The van der Waals surface area contributed by atoms with Crippen molar-refractivity contribution in [2.45, 2.75) is 37.8 Å². The van der Waals surface area contributed by atoms with Gasteiger partial charge in [0.15, 0.2) is 0 Å². The van der Waals surface area contributed by atoms with Gasteiger partial charge in [0.2, 0.25) is 5.91 Å². The van der Waals surface area contributed by atoms with Crippen molar-refractivity contribution < 1.29 is 9.90 Å². The van der Waals surface area contributed by atoms with Crippen LogP contribution in [0.5, 0.6) is 0 Å². The maximum atomic E-state index is 11.2. The predicted molar refractivity (Wildman–Crippen MR) is 40.0 cm³/mol. The highest BCUT2D eigenvalue weighted by atomic mass is 16.3. The second-order valence-electron chi connectivity index (χ2n) is 3.46. The molecule has 1 N–H and O–H groups in total. The summed E-state index contributed by atoms with van der Waals surface area (Å²) in [4.78, 5) is 13.1. The van der Waals surface area contributed by atoms with E-state index in [4.69, 9.17) is 0 Å². The molecule has 0 spiro atoms. The van der Waals surface area contributed by atoms with E-state index in [2.05, 4.69) is 0 Å². The number of hydrogen-bond acceptors (Lipinski definition) is 2. The highest BCUT2D eigenvalue weighted by Crippen LogP contribution is 2.27. The molecule has 2 rings (SSSR count). The highest BCUT2D eigenvalue weighted by molar-refractivity contribution is 5.78. The summed E-state index contributed by atoms with van der Waals surface area (Å²) in [7, 11) is 0. The minimum absolute atomic E-state index is 0.165. The molecule has 0 bridgehead atoms. The molecule has 2 heterocycles. The summed E-state index contributed by atoms with van der Waals surface area (Å²) in [6, 6.07) is 0.353. The Morgan fingerprint density at radius 2 is 2.27 bits per heavy atom. The smallest absolute Gasteiger partial charge is 0.222 e. The van der Waals surface area contributed by atoms with Gasteiger partial charge in [0.05, 0.1) is 6.10 Å². The van der Waals surface area contributed by atoms with Crippen molar-refractivity contribution in [3.63, 3.8) is 0 Å². The monoisotopic (exact) mass is 155 g/mol. The molecule has 0 aromatic heterocycles. The number of amides is 1. The molecule has 0 aliphatic carbocycles. The molecule has 3 heteroatoms. The Hall–Kier alpha value is -0.570. The number of fused-ring (bicyclic) bond motifs is 1. The summed E-state index contributed by atoms with van der Waals surface area (Å²) in [5.41, 5.74) is 0. The molecule has 1 unspecified atom stereocenters. The number of hydrogen-bond donors (Lipinski definition) is 1. The number of carbonyl (C=O) groups is 1. The minimum atomic E-state index is -0.165. The van der Waals surface area contributed by atoms with Gasteiger partial charge in [0, 0.05) is 19.0 Å². The van der Waals surface area contributed by atoms with Crippen LogP contribution in [-0.4, -0.2) is 34.6 Å². The predicted octanol–water partition coefficient (Wildman–Crippen LogP) is 0.132. The standard InChI is InChI=1S/C8H13NO2/c10-7-3-4-9-6(5-7)1-2-8(9)11/h6-7,10H,1-5H2/t6-,7?/m0/s1. The Labute approximate surface area is 66.0 Å². The summed E-state index contributed by atoms with van der Waals surface area (Å²) in [6.07, 6.45) is 3.04. The largest absolute Gasteiger partial charge is 0.393 e. The quantitative estimate of drug-likeness (QED) is 0.540. The van der Waals surface area contributed by atoms with Crippen LogP contribution in [-0.2, 0) is 4.79 Å². The Balaban J connectivity index is 2.06. The van der Waals surface area contributed by atoms with E-state index in [1.807, 2.05) is 4.90 Å². The van der Waals surface area contributed by atoms with Gasteiger partial charge in [-0.15, -0.1) is 0 Å². The van der Waals surface area contributed by atoms with Crippen LogP contribution in [0.15, 0.2) is 0 Å². The van der Waals surface area contributed by atoms with E-state index >= 15 is 0 Å². The van der Waals surface area contributed by atoms with Crippen LogP contribution in [0.3, 0.4) is 0 Å². The number of aliphatic hydroxyl groups excluding tert-OH is 1. The lowest BCUT2D eigenvalue weighted by atomic mass is 10.0. The van der Waals surface area contributed by atoms with Gasteiger partial charge in [-0.25, -0.2) is 0 Å². The highest BCUT2D eigenvalue weighted by Gasteiger charge is 2.35. The zero-order valence-corrected chi connectivity index (χ0v) is 6.49. The van der Waals surface area contributed by atoms with E-state index in [1.54, 1.807) is 0 Å². The van der Waals surface area contributed by atoms with Crippen LogP contribution in [0.4, 0.5) is 0 Å². The molecule has 2 aliphatic heterocycles. The first-order chi connectivity index (χ1) is 5.27. The Morgan fingerprint density at radius 3 is 3.09 bits per heavy atom. The van der Waals surface area contributed by atoms with Crippen LogP contribution in [0.1, 0.15) is 25.7 Å². The molecular formula is C8H13NO2. The molecule has 0 radical (unpaired) electrons. The van der Waals surface area contributed by atoms with Gasteiger partial charge in [0.1, 0.15) is 0 Å². The molecular weight excluding hydrogens is 142 g/mol. The van der Waals surface area contributed by atoms with Gasteiger partial charge >= 0.3 is 0 Å². The van der Waals surface area contributed by atoms with Crippen molar-refractivity contribution in [2.75, 3.05) is 6.54 Å². The van der Waals surface area contributed by atoms with Crippen LogP contribution in [0.2, 0.25) is 0 Å². The average molecular weight is 155 g/mol. The molecule has 2 saturated heterocycles. The van der Waals surface area contributed by atoms with E-state index in [0.29, 0.717) is 12.5 Å². The first kappa shape index (κ1) is 7.10. The molecule has 0 aromatic rings. The second-order valence-corrected chi connectivity index (χ2v) is 3.46. The molecule has 2 aliphatic rings. The molecule has 11 heavy (non-hydrogen) atoms. The Kier molecular flexibility index (Phi) is 1.60. The van der Waals surface area contributed by atoms with E-state index < -0.39 is 0 Å². The molecule has 62 valence electrons. The molecule has 0 saturated carbocycles. The molecule has 2 fully saturated rings.